The number of hydrogen-bond donors (Lipinski definition) is 1. The highest BCUT2D eigenvalue weighted by atomic mass is 35.5. The first-order valence-corrected chi connectivity index (χ1v) is 7.43. The molecule has 1 aliphatic heterocycles. The van der Waals surface area contributed by atoms with E-state index < -0.39 is 0 Å². The van der Waals surface area contributed by atoms with Gasteiger partial charge in [-0.3, -0.25) is 0 Å². The van der Waals surface area contributed by atoms with Crippen LogP contribution < -0.4 is 15.2 Å². The van der Waals surface area contributed by atoms with Crippen LogP contribution in [-0.2, 0) is 0 Å². The Morgan fingerprint density at radius 2 is 1.67 bits per heavy atom. The Morgan fingerprint density at radius 1 is 1.00 bits per heavy atom. The number of nitrogens with two attached hydrogens (primary N) is 1. The minimum atomic E-state index is -0.368. The van der Waals surface area contributed by atoms with Gasteiger partial charge in [-0.15, -0.1) is 0 Å². The first kappa shape index (κ1) is 14.5. The van der Waals surface area contributed by atoms with Gasteiger partial charge in [0.1, 0.15) is 13.2 Å². The van der Waals surface area contributed by atoms with E-state index in [0.29, 0.717) is 34.8 Å². The van der Waals surface area contributed by atoms with Gasteiger partial charge in [0.15, 0.2) is 11.5 Å². The predicted octanol–water partition coefficient (Wildman–Crippen LogP) is 4.12. The van der Waals surface area contributed by atoms with Crippen LogP contribution in [0.5, 0.6) is 11.5 Å². The van der Waals surface area contributed by atoms with Crippen LogP contribution in [0.1, 0.15) is 22.7 Å². The third-order valence-corrected chi connectivity index (χ3v) is 4.38. The summed E-state index contributed by atoms with van der Waals surface area (Å²) in [5, 5.41) is 1.25. The molecule has 0 aromatic heterocycles. The SMILES string of the molecule is Cc1c(Cl)cccc1C(N)c1cc2c(cc1Cl)OCCO2. The lowest BCUT2D eigenvalue weighted by atomic mass is 9.95. The predicted molar refractivity (Wildman–Crippen MR) is 84.7 cm³/mol. The lowest BCUT2D eigenvalue weighted by Crippen LogP contribution is -2.18. The smallest absolute Gasteiger partial charge is 0.162 e. The van der Waals surface area contributed by atoms with Crippen LogP contribution in [0, 0.1) is 6.92 Å². The van der Waals surface area contributed by atoms with Gasteiger partial charge < -0.3 is 15.2 Å². The fourth-order valence-electron chi connectivity index (χ4n) is 2.45. The maximum absolute atomic E-state index is 6.38. The van der Waals surface area contributed by atoms with Gasteiger partial charge in [-0.1, -0.05) is 35.3 Å². The molecule has 3 rings (SSSR count). The first-order chi connectivity index (χ1) is 10.1. The van der Waals surface area contributed by atoms with E-state index in [-0.39, 0.29) is 6.04 Å². The maximum Gasteiger partial charge on any atom is 0.162 e. The van der Waals surface area contributed by atoms with E-state index in [9.17, 15) is 0 Å². The third-order valence-electron chi connectivity index (χ3n) is 3.64. The Bertz CT molecular complexity index is 688. The molecule has 0 aliphatic carbocycles. The zero-order valence-electron chi connectivity index (χ0n) is 11.5. The Kier molecular flexibility index (Phi) is 3.98. The van der Waals surface area contributed by atoms with Gasteiger partial charge in [0.25, 0.3) is 0 Å². The monoisotopic (exact) mass is 323 g/mol. The molecule has 0 saturated heterocycles. The van der Waals surface area contributed by atoms with Crippen molar-refractivity contribution in [3.05, 3.63) is 57.1 Å². The summed E-state index contributed by atoms with van der Waals surface area (Å²) in [7, 11) is 0. The quantitative estimate of drug-likeness (QED) is 0.904. The number of fused-ring (bicyclic) bond motifs is 1. The molecule has 0 spiro atoms. The fourth-order valence-corrected chi connectivity index (χ4v) is 2.90. The summed E-state index contributed by atoms with van der Waals surface area (Å²) in [5.41, 5.74) is 9.08. The topological polar surface area (TPSA) is 44.5 Å². The van der Waals surface area contributed by atoms with Crippen molar-refractivity contribution in [3.63, 3.8) is 0 Å². The van der Waals surface area contributed by atoms with Crippen molar-refractivity contribution in [2.24, 2.45) is 5.73 Å². The highest BCUT2D eigenvalue weighted by Crippen LogP contribution is 2.39. The molecule has 3 nitrogen and oxygen atoms in total. The lowest BCUT2D eigenvalue weighted by molar-refractivity contribution is 0.171. The molecule has 0 bridgehead atoms. The van der Waals surface area contributed by atoms with Crippen molar-refractivity contribution in [1.29, 1.82) is 0 Å². The second kappa shape index (κ2) is 5.76. The van der Waals surface area contributed by atoms with E-state index in [0.717, 1.165) is 16.7 Å². The standard InChI is InChI=1S/C16H15Cl2NO2/c1-9-10(3-2-4-12(9)17)16(19)11-7-14-15(8-13(11)18)21-6-5-20-14/h2-4,7-8,16H,5-6,19H2,1H3. The van der Waals surface area contributed by atoms with Crippen LogP contribution in [-0.4, -0.2) is 13.2 Å². The first-order valence-electron chi connectivity index (χ1n) is 6.67. The van der Waals surface area contributed by atoms with Gasteiger partial charge in [-0.25, -0.2) is 0 Å². The average Bonchev–Trinajstić information content (AvgIpc) is 2.48. The Hall–Kier alpha value is -1.42. The van der Waals surface area contributed by atoms with Crippen LogP contribution in [0.3, 0.4) is 0 Å². The van der Waals surface area contributed by atoms with Crippen molar-refractivity contribution >= 4 is 23.2 Å². The molecule has 0 saturated carbocycles. The van der Waals surface area contributed by atoms with Crippen molar-refractivity contribution in [2.75, 3.05) is 13.2 Å². The Morgan fingerprint density at radius 3 is 2.38 bits per heavy atom. The zero-order chi connectivity index (χ0) is 15.0. The maximum atomic E-state index is 6.38. The molecule has 5 heteroatoms. The van der Waals surface area contributed by atoms with E-state index in [1.807, 2.05) is 31.2 Å². The number of benzene rings is 2. The summed E-state index contributed by atoms with van der Waals surface area (Å²) in [6, 6.07) is 8.92. The molecule has 0 fully saturated rings. The highest BCUT2D eigenvalue weighted by molar-refractivity contribution is 6.32. The van der Waals surface area contributed by atoms with Gasteiger partial charge in [-0.05, 0) is 35.7 Å². The van der Waals surface area contributed by atoms with E-state index in [4.69, 9.17) is 38.4 Å². The minimum absolute atomic E-state index is 0.368. The molecule has 110 valence electrons. The zero-order valence-corrected chi connectivity index (χ0v) is 13.0. The van der Waals surface area contributed by atoms with Gasteiger partial charge in [0, 0.05) is 16.1 Å². The van der Waals surface area contributed by atoms with Crippen LogP contribution in [0.25, 0.3) is 0 Å². The number of hydrogen-bond acceptors (Lipinski definition) is 3. The van der Waals surface area contributed by atoms with Crippen molar-refractivity contribution in [1.82, 2.24) is 0 Å². The van der Waals surface area contributed by atoms with Gasteiger partial charge in [-0.2, -0.15) is 0 Å². The van der Waals surface area contributed by atoms with Crippen molar-refractivity contribution < 1.29 is 9.47 Å². The molecule has 1 aliphatic rings. The van der Waals surface area contributed by atoms with Gasteiger partial charge >= 0.3 is 0 Å². The van der Waals surface area contributed by atoms with E-state index >= 15 is 0 Å². The van der Waals surface area contributed by atoms with E-state index in [1.54, 1.807) is 6.07 Å². The molecular formula is C16H15Cl2NO2. The molecule has 2 N–H and O–H groups in total. The summed E-state index contributed by atoms with van der Waals surface area (Å²) in [6.45, 7) is 3.01. The summed E-state index contributed by atoms with van der Waals surface area (Å²) in [5.74, 6) is 1.33. The van der Waals surface area contributed by atoms with Crippen molar-refractivity contribution in [3.8, 4) is 11.5 Å². The highest BCUT2D eigenvalue weighted by Gasteiger charge is 2.21. The molecule has 21 heavy (non-hydrogen) atoms. The van der Waals surface area contributed by atoms with Crippen molar-refractivity contribution in [2.45, 2.75) is 13.0 Å². The summed E-state index contributed by atoms with van der Waals surface area (Å²) in [6.07, 6.45) is 0. The molecule has 2 aromatic carbocycles. The third kappa shape index (κ3) is 2.69. The molecule has 1 unspecified atom stereocenters. The van der Waals surface area contributed by atoms with Crippen LogP contribution in [0.15, 0.2) is 30.3 Å². The second-order valence-electron chi connectivity index (χ2n) is 4.95. The molecular weight excluding hydrogens is 309 g/mol. The minimum Gasteiger partial charge on any atom is -0.486 e. The lowest BCUT2D eigenvalue weighted by Gasteiger charge is -2.22. The average molecular weight is 324 g/mol. The molecule has 1 atom stereocenters. The summed E-state index contributed by atoms with van der Waals surface area (Å²) < 4.78 is 11.1. The summed E-state index contributed by atoms with van der Waals surface area (Å²) >= 11 is 12.5. The molecule has 0 amide bonds. The number of rotatable bonds is 2. The summed E-state index contributed by atoms with van der Waals surface area (Å²) in [4.78, 5) is 0. The van der Waals surface area contributed by atoms with Crippen LogP contribution in [0.4, 0.5) is 0 Å². The van der Waals surface area contributed by atoms with E-state index in [1.165, 1.54) is 0 Å². The Labute approximate surface area is 133 Å². The van der Waals surface area contributed by atoms with Crippen LogP contribution in [0.2, 0.25) is 10.0 Å². The van der Waals surface area contributed by atoms with Gasteiger partial charge in [0.2, 0.25) is 0 Å². The molecule has 0 radical (unpaired) electrons. The van der Waals surface area contributed by atoms with Gasteiger partial charge in [0.05, 0.1) is 6.04 Å². The second-order valence-corrected chi connectivity index (χ2v) is 5.76. The fraction of sp³-hybridized carbons (Fsp3) is 0.250. The number of ether oxygens (including phenoxy) is 2. The normalized spacial score (nSPS) is 14.9. The number of halogens is 2. The van der Waals surface area contributed by atoms with E-state index in [2.05, 4.69) is 0 Å². The Balaban J connectivity index is 2.05. The largest absolute Gasteiger partial charge is 0.486 e. The molecule has 2 aromatic rings. The van der Waals surface area contributed by atoms with Crippen LogP contribution >= 0.6 is 23.2 Å². The molecule has 1 heterocycles.